The van der Waals surface area contributed by atoms with Crippen molar-refractivity contribution in [2.24, 2.45) is 4.99 Å². The number of carbonyl (C=O) groups is 2. The van der Waals surface area contributed by atoms with Crippen LogP contribution >= 0.6 is 11.8 Å². The predicted molar refractivity (Wildman–Crippen MR) is 154 cm³/mol. The van der Waals surface area contributed by atoms with Gasteiger partial charge in [0.15, 0.2) is 5.17 Å². The van der Waals surface area contributed by atoms with Crippen molar-refractivity contribution in [3.05, 3.63) is 125 Å². The number of rotatable bonds is 6. The summed E-state index contributed by atoms with van der Waals surface area (Å²) in [5.41, 5.74) is 3.41. The number of hydrogen-bond acceptors (Lipinski definition) is 6. The Morgan fingerprint density at radius 1 is 0.949 bits per heavy atom. The van der Waals surface area contributed by atoms with Crippen molar-refractivity contribution in [1.82, 2.24) is 4.57 Å². The molecule has 0 atom stereocenters. The summed E-state index contributed by atoms with van der Waals surface area (Å²) in [4.78, 5) is 32.6. The van der Waals surface area contributed by atoms with Crippen molar-refractivity contribution in [3.8, 4) is 0 Å². The van der Waals surface area contributed by atoms with E-state index in [0.717, 1.165) is 27.8 Å². The highest BCUT2D eigenvalue weighted by atomic mass is 32.2. The summed E-state index contributed by atoms with van der Waals surface area (Å²) in [5, 5.41) is 1.59. The lowest BCUT2D eigenvalue weighted by molar-refractivity contribution is -0.113. The van der Waals surface area contributed by atoms with Gasteiger partial charge in [-0.15, -0.1) is 0 Å². The molecule has 2 aromatic heterocycles. The SMILES string of the molecule is COC(=O)c1ccc(Cn2cc(/C=C3\SC(=Nc4ccccc4)N(c4ccccc4)C3=O)c3ccccc32)o1. The van der Waals surface area contributed by atoms with E-state index in [1.165, 1.54) is 18.9 Å². The number of anilines is 1. The summed E-state index contributed by atoms with van der Waals surface area (Å²) in [6.45, 7) is 0.415. The van der Waals surface area contributed by atoms with Crippen LogP contribution in [0.4, 0.5) is 11.4 Å². The summed E-state index contributed by atoms with van der Waals surface area (Å²) in [6, 6.07) is 30.5. The molecule has 1 saturated heterocycles. The first kappa shape index (κ1) is 24.5. The summed E-state index contributed by atoms with van der Waals surface area (Å²) < 4.78 is 12.5. The number of fused-ring (bicyclic) bond motifs is 1. The van der Waals surface area contributed by atoms with Gasteiger partial charge in [-0.25, -0.2) is 9.79 Å². The molecule has 0 radical (unpaired) electrons. The predicted octanol–water partition coefficient (Wildman–Crippen LogP) is 6.88. The van der Waals surface area contributed by atoms with E-state index in [1.54, 1.807) is 17.0 Å². The van der Waals surface area contributed by atoms with Crippen LogP contribution in [0, 0.1) is 0 Å². The molecule has 1 amide bonds. The van der Waals surface area contributed by atoms with Crippen molar-refractivity contribution < 1.29 is 18.7 Å². The van der Waals surface area contributed by atoms with Gasteiger partial charge in [-0.3, -0.25) is 9.69 Å². The number of thioether (sulfide) groups is 1. The maximum Gasteiger partial charge on any atom is 0.373 e. The summed E-state index contributed by atoms with van der Waals surface area (Å²) in [6.07, 6.45) is 3.91. The molecule has 1 fully saturated rings. The summed E-state index contributed by atoms with van der Waals surface area (Å²) >= 11 is 1.35. The van der Waals surface area contributed by atoms with E-state index < -0.39 is 5.97 Å². The number of furan rings is 1. The van der Waals surface area contributed by atoms with Gasteiger partial charge in [0, 0.05) is 22.7 Å². The Morgan fingerprint density at radius 3 is 2.44 bits per heavy atom. The number of ether oxygens (including phenoxy) is 1. The fourth-order valence-corrected chi connectivity index (χ4v) is 5.46. The minimum Gasteiger partial charge on any atom is -0.463 e. The molecule has 0 saturated carbocycles. The maximum atomic E-state index is 13.7. The highest BCUT2D eigenvalue weighted by Crippen LogP contribution is 2.38. The zero-order valence-electron chi connectivity index (χ0n) is 21.0. The molecule has 192 valence electrons. The Balaban J connectivity index is 1.39. The van der Waals surface area contributed by atoms with E-state index in [2.05, 4.69) is 0 Å². The first-order valence-corrected chi connectivity index (χ1v) is 13.1. The number of para-hydroxylation sites is 3. The lowest BCUT2D eigenvalue weighted by atomic mass is 10.1. The Bertz CT molecular complexity index is 1740. The smallest absolute Gasteiger partial charge is 0.373 e. The first-order valence-electron chi connectivity index (χ1n) is 12.3. The zero-order valence-corrected chi connectivity index (χ0v) is 21.8. The Hall–Kier alpha value is -4.82. The highest BCUT2D eigenvalue weighted by molar-refractivity contribution is 8.19. The lowest BCUT2D eigenvalue weighted by Gasteiger charge is -2.15. The largest absolute Gasteiger partial charge is 0.463 e. The number of aromatic nitrogens is 1. The Morgan fingerprint density at radius 2 is 1.67 bits per heavy atom. The van der Waals surface area contributed by atoms with Crippen LogP contribution in [0.25, 0.3) is 17.0 Å². The monoisotopic (exact) mass is 533 g/mol. The number of methoxy groups -OCH3 is 1. The number of nitrogens with zero attached hydrogens (tertiary/aromatic N) is 3. The van der Waals surface area contributed by atoms with Crippen molar-refractivity contribution in [3.63, 3.8) is 0 Å². The van der Waals surface area contributed by atoms with Gasteiger partial charge in [-0.1, -0.05) is 54.6 Å². The van der Waals surface area contributed by atoms with Gasteiger partial charge in [0.25, 0.3) is 5.91 Å². The van der Waals surface area contributed by atoms with Gasteiger partial charge in [0.1, 0.15) is 5.76 Å². The van der Waals surface area contributed by atoms with E-state index >= 15 is 0 Å². The van der Waals surface area contributed by atoms with E-state index in [-0.39, 0.29) is 11.7 Å². The molecule has 39 heavy (non-hydrogen) atoms. The van der Waals surface area contributed by atoms with Crippen LogP contribution in [0.15, 0.2) is 118 Å². The molecule has 7 nitrogen and oxygen atoms in total. The number of aliphatic imine (C=N–C) groups is 1. The van der Waals surface area contributed by atoms with Crippen LogP contribution in [0.5, 0.6) is 0 Å². The summed E-state index contributed by atoms with van der Waals surface area (Å²) in [7, 11) is 1.32. The molecule has 0 N–H and O–H groups in total. The van der Waals surface area contributed by atoms with Crippen molar-refractivity contribution >= 4 is 57.2 Å². The molecule has 0 bridgehead atoms. The van der Waals surface area contributed by atoms with E-state index in [4.69, 9.17) is 14.1 Å². The third kappa shape index (κ3) is 4.89. The van der Waals surface area contributed by atoms with Gasteiger partial charge in [-0.2, -0.15) is 0 Å². The standard InChI is InChI=1S/C31H23N3O4S/c1-37-30(36)27-17-16-24(38-27)20-33-19-21(25-14-8-9-15-26(25)33)18-28-29(35)34(23-12-6-3-7-13-23)31(39-28)32-22-10-4-2-5-11-22/h2-19H,20H2,1H3/b28-18-,32-31?. The first-order chi connectivity index (χ1) is 19.1. The topological polar surface area (TPSA) is 77.0 Å². The van der Waals surface area contributed by atoms with Crippen LogP contribution in [0.3, 0.4) is 0 Å². The minimum atomic E-state index is -0.517. The van der Waals surface area contributed by atoms with Crippen molar-refractivity contribution in [2.75, 3.05) is 12.0 Å². The quantitative estimate of drug-likeness (QED) is 0.176. The highest BCUT2D eigenvalue weighted by Gasteiger charge is 2.35. The van der Waals surface area contributed by atoms with Gasteiger partial charge < -0.3 is 13.7 Å². The number of esters is 1. The van der Waals surface area contributed by atoms with Crippen molar-refractivity contribution in [1.29, 1.82) is 0 Å². The third-order valence-electron chi connectivity index (χ3n) is 6.28. The molecule has 5 aromatic rings. The van der Waals surface area contributed by atoms with Gasteiger partial charge in [0.2, 0.25) is 5.76 Å². The Kier molecular flexibility index (Phi) is 6.61. The minimum absolute atomic E-state index is 0.133. The van der Waals surface area contributed by atoms with Crippen LogP contribution in [0.2, 0.25) is 0 Å². The second kappa shape index (κ2) is 10.5. The van der Waals surface area contributed by atoms with Gasteiger partial charge in [-0.05, 0) is 60.3 Å². The van der Waals surface area contributed by atoms with Crippen molar-refractivity contribution in [2.45, 2.75) is 6.54 Å². The molecule has 3 heterocycles. The average Bonchev–Trinajstić information content (AvgIpc) is 3.66. The van der Waals surface area contributed by atoms with E-state index in [9.17, 15) is 9.59 Å². The molecule has 1 aliphatic rings. The fourth-order valence-electron chi connectivity index (χ4n) is 4.47. The van der Waals surface area contributed by atoms with Crippen LogP contribution in [0.1, 0.15) is 21.9 Å². The lowest BCUT2D eigenvalue weighted by Crippen LogP contribution is -2.28. The molecular formula is C31H23N3O4S. The molecule has 0 unspecified atom stereocenters. The number of benzene rings is 3. The average molecular weight is 534 g/mol. The van der Waals surface area contributed by atoms with Crippen LogP contribution < -0.4 is 4.90 Å². The van der Waals surface area contributed by atoms with Gasteiger partial charge >= 0.3 is 5.97 Å². The normalized spacial score (nSPS) is 15.5. The number of hydrogen-bond donors (Lipinski definition) is 0. The molecule has 0 spiro atoms. The van der Waals surface area contributed by atoms with E-state index in [0.29, 0.717) is 22.4 Å². The fraction of sp³-hybridized carbons (Fsp3) is 0.0645. The third-order valence-corrected chi connectivity index (χ3v) is 7.25. The number of amides is 1. The van der Waals surface area contributed by atoms with E-state index in [1.807, 2.05) is 102 Å². The van der Waals surface area contributed by atoms with Gasteiger partial charge in [0.05, 0.1) is 29.9 Å². The second-order valence-corrected chi connectivity index (χ2v) is 9.81. The molecule has 1 aliphatic heterocycles. The molecular weight excluding hydrogens is 510 g/mol. The number of carbonyl (C=O) groups excluding carboxylic acids is 2. The molecule has 6 rings (SSSR count). The molecule has 0 aliphatic carbocycles. The Labute approximate surface area is 229 Å². The summed E-state index contributed by atoms with van der Waals surface area (Å²) in [5.74, 6) is 0.128. The molecule has 8 heteroatoms. The van der Waals surface area contributed by atoms with Crippen LogP contribution in [-0.2, 0) is 16.1 Å². The van der Waals surface area contributed by atoms with Crippen LogP contribution in [-0.4, -0.2) is 28.7 Å². The maximum absolute atomic E-state index is 13.7. The number of amidine groups is 1. The molecule has 3 aromatic carbocycles. The second-order valence-electron chi connectivity index (χ2n) is 8.80. The zero-order chi connectivity index (χ0) is 26.8.